The van der Waals surface area contributed by atoms with Gasteiger partial charge >= 0.3 is 6.36 Å². The molecule has 90 valence electrons. The van der Waals surface area contributed by atoms with Crippen LogP contribution in [0.4, 0.5) is 22.0 Å². The summed E-state index contributed by atoms with van der Waals surface area (Å²) in [6.07, 6.45) is -7.70. The van der Waals surface area contributed by atoms with E-state index in [9.17, 15) is 26.7 Å². The second-order valence-corrected chi connectivity index (χ2v) is 3.36. The molecule has 9 heteroatoms. The van der Waals surface area contributed by atoms with Crippen LogP contribution in [-0.4, -0.2) is 11.3 Å². The van der Waals surface area contributed by atoms with E-state index in [1.807, 2.05) is 4.98 Å². The number of pyridine rings is 1. The summed E-state index contributed by atoms with van der Waals surface area (Å²) >= 11 is 2.56. The molecule has 0 aromatic carbocycles. The minimum Gasteiger partial charge on any atom is -0.399 e. The highest BCUT2D eigenvalue weighted by molar-refractivity contribution is 9.10. The number of aromatic nitrogens is 1. The zero-order chi connectivity index (χ0) is 12.5. The summed E-state index contributed by atoms with van der Waals surface area (Å²) < 4.78 is 62.8. The maximum absolute atomic E-state index is 12.2. The molecule has 0 saturated heterocycles. The molecule has 0 aliphatic heterocycles. The van der Waals surface area contributed by atoms with Gasteiger partial charge in [0.05, 0.1) is 5.56 Å². The number of hydrogen-bond acceptors (Lipinski definition) is 2. The highest BCUT2D eigenvalue weighted by atomic mass is 79.9. The van der Waals surface area contributed by atoms with Crippen LogP contribution < -0.4 is 10.2 Å². The first kappa shape index (κ1) is 12.9. The lowest BCUT2D eigenvalue weighted by Gasteiger charge is -2.10. The van der Waals surface area contributed by atoms with Gasteiger partial charge in [-0.15, -0.1) is 13.2 Å². The molecule has 0 bridgehead atoms. The van der Waals surface area contributed by atoms with Gasteiger partial charge in [-0.25, -0.2) is 8.78 Å². The Morgan fingerprint density at radius 3 is 2.38 bits per heavy atom. The van der Waals surface area contributed by atoms with Crippen LogP contribution in [0.1, 0.15) is 12.0 Å². The number of halogens is 6. The largest absolute Gasteiger partial charge is 0.573 e. The lowest BCUT2D eigenvalue weighted by molar-refractivity contribution is -0.275. The number of H-pyrrole nitrogens is 1. The summed E-state index contributed by atoms with van der Waals surface area (Å²) in [7, 11) is 0. The predicted molar refractivity (Wildman–Crippen MR) is 46.4 cm³/mol. The Labute approximate surface area is 93.4 Å². The fourth-order valence-electron chi connectivity index (χ4n) is 0.872. The Balaban J connectivity index is 3.28. The van der Waals surface area contributed by atoms with Gasteiger partial charge in [-0.1, -0.05) is 0 Å². The van der Waals surface area contributed by atoms with Crippen molar-refractivity contribution in [3.05, 3.63) is 26.6 Å². The number of ether oxygens (including phenoxy) is 1. The number of aromatic amines is 1. The van der Waals surface area contributed by atoms with Gasteiger partial charge in [0.2, 0.25) is 11.2 Å². The van der Waals surface area contributed by atoms with Gasteiger partial charge in [0.1, 0.15) is 4.60 Å². The third-order valence-electron chi connectivity index (χ3n) is 1.48. The van der Waals surface area contributed by atoms with E-state index in [4.69, 9.17) is 0 Å². The lowest BCUT2D eigenvalue weighted by atomic mass is 10.3. The molecule has 0 amide bonds. The highest BCUT2D eigenvalue weighted by Crippen LogP contribution is 2.27. The van der Waals surface area contributed by atoms with Crippen molar-refractivity contribution in [1.29, 1.82) is 0 Å². The zero-order valence-corrected chi connectivity index (χ0v) is 8.82. The minimum absolute atomic E-state index is 0.459. The van der Waals surface area contributed by atoms with E-state index in [1.165, 1.54) is 0 Å². The first-order valence-corrected chi connectivity index (χ1v) is 4.46. The van der Waals surface area contributed by atoms with Crippen LogP contribution in [0, 0.1) is 0 Å². The van der Waals surface area contributed by atoms with Crippen LogP contribution in [-0.2, 0) is 0 Å². The summed E-state index contributed by atoms with van der Waals surface area (Å²) in [5.41, 5.74) is -2.61. The molecule has 0 unspecified atom stereocenters. The maximum atomic E-state index is 12.2. The molecule has 0 atom stereocenters. The SMILES string of the molecule is O=c1c(C(F)F)c[nH]c(Br)c1OC(F)(F)F. The Morgan fingerprint density at radius 1 is 1.38 bits per heavy atom. The molecule has 3 nitrogen and oxygen atoms in total. The molecule has 1 aromatic heterocycles. The van der Waals surface area contributed by atoms with E-state index >= 15 is 0 Å². The van der Waals surface area contributed by atoms with Crippen LogP contribution in [0.3, 0.4) is 0 Å². The van der Waals surface area contributed by atoms with Crippen molar-refractivity contribution in [2.45, 2.75) is 12.8 Å². The average molecular weight is 308 g/mol. The molecule has 1 rings (SSSR count). The number of rotatable bonds is 2. The molecule has 0 radical (unpaired) electrons. The Morgan fingerprint density at radius 2 is 1.94 bits per heavy atom. The van der Waals surface area contributed by atoms with E-state index in [0.29, 0.717) is 6.20 Å². The second-order valence-electron chi connectivity index (χ2n) is 2.56. The predicted octanol–water partition coefficient (Wildman–Crippen LogP) is 2.97. The van der Waals surface area contributed by atoms with Gasteiger partial charge in [0.25, 0.3) is 6.43 Å². The van der Waals surface area contributed by atoms with E-state index in [1.54, 1.807) is 0 Å². The zero-order valence-electron chi connectivity index (χ0n) is 7.24. The molecular weight excluding hydrogens is 305 g/mol. The van der Waals surface area contributed by atoms with Crippen LogP contribution in [0.25, 0.3) is 0 Å². The van der Waals surface area contributed by atoms with Gasteiger partial charge in [-0.05, 0) is 15.9 Å². The topological polar surface area (TPSA) is 42.1 Å². The van der Waals surface area contributed by atoms with Gasteiger partial charge in [0.15, 0.2) is 0 Å². The molecule has 0 spiro atoms. The van der Waals surface area contributed by atoms with Gasteiger partial charge in [-0.2, -0.15) is 0 Å². The van der Waals surface area contributed by atoms with Crippen molar-refractivity contribution in [3.63, 3.8) is 0 Å². The quantitative estimate of drug-likeness (QED) is 0.674. The summed E-state index contributed by atoms with van der Waals surface area (Å²) in [5, 5.41) is 0. The summed E-state index contributed by atoms with van der Waals surface area (Å²) in [5.74, 6) is -1.25. The normalized spacial score (nSPS) is 11.9. The monoisotopic (exact) mass is 307 g/mol. The minimum atomic E-state index is -5.13. The molecule has 0 aliphatic rings. The van der Waals surface area contributed by atoms with Crippen LogP contribution in [0.15, 0.2) is 15.6 Å². The summed E-state index contributed by atoms with van der Waals surface area (Å²) in [4.78, 5) is 13.2. The van der Waals surface area contributed by atoms with Crippen molar-refractivity contribution in [2.24, 2.45) is 0 Å². The van der Waals surface area contributed by atoms with Gasteiger partial charge in [0, 0.05) is 6.20 Å². The Bertz CT molecular complexity index is 441. The number of alkyl halides is 5. The highest BCUT2D eigenvalue weighted by Gasteiger charge is 2.34. The molecule has 1 N–H and O–H groups in total. The third kappa shape index (κ3) is 2.94. The second kappa shape index (κ2) is 4.40. The lowest BCUT2D eigenvalue weighted by Crippen LogP contribution is -2.24. The summed E-state index contributed by atoms with van der Waals surface area (Å²) in [6.45, 7) is 0. The summed E-state index contributed by atoms with van der Waals surface area (Å²) in [6, 6.07) is 0. The smallest absolute Gasteiger partial charge is 0.399 e. The fraction of sp³-hybridized carbons (Fsp3) is 0.286. The van der Waals surface area contributed by atoms with E-state index in [2.05, 4.69) is 20.7 Å². The Kier molecular flexibility index (Phi) is 3.56. The van der Waals surface area contributed by atoms with Gasteiger partial charge in [-0.3, -0.25) is 4.79 Å². The van der Waals surface area contributed by atoms with Crippen molar-refractivity contribution in [2.75, 3.05) is 0 Å². The van der Waals surface area contributed by atoms with Crippen molar-refractivity contribution >= 4 is 15.9 Å². The first-order valence-electron chi connectivity index (χ1n) is 3.67. The first-order chi connectivity index (χ1) is 7.22. The molecule has 1 aromatic rings. The van der Waals surface area contributed by atoms with Crippen molar-refractivity contribution in [3.8, 4) is 5.75 Å². The van der Waals surface area contributed by atoms with Gasteiger partial charge < -0.3 is 9.72 Å². The average Bonchev–Trinajstić information content (AvgIpc) is 2.10. The molecular formula is C7H3BrF5NO2. The van der Waals surface area contributed by atoms with E-state index < -0.39 is 34.1 Å². The van der Waals surface area contributed by atoms with E-state index in [0.717, 1.165) is 0 Å². The molecule has 16 heavy (non-hydrogen) atoms. The van der Waals surface area contributed by atoms with Crippen LogP contribution in [0.2, 0.25) is 0 Å². The molecule has 0 fully saturated rings. The maximum Gasteiger partial charge on any atom is 0.573 e. The third-order valence-corrected chi connectivity index (χ3v) is 2.06. The number of hydrogen-bond donors (Lipinski definition) is 1. The Hall–Kier alpha value is -1.12. The number of nitrogens with one attached hydrogen (secondary N) is 1. The fourth-order valence-corrected chi connectivity index (χ4v) is 1.25. The standard InChI is InChI=1S/C7H3BrF5NO2/c8-5-4(16-7(11,12)13)3(15)2(1-14-5)6(9)10/h1,6H,(H,14,15). The van der Waals surface area contributed by atoms with Crippen LogP contribution >= 0.6 is 15.9 Å². The van der Waals surface area contributed by atoms with Crippen molar-refractivity contribution < 1.29 is 26.7 Å². The van der Waals surface area contributed by atoms with E-state index in [-0.39, 0.29) is 0 Å². The molecule has 0 saturated carbocycles. The van der Waals surface area contributed by atoms with Crippen molar-refractivity contribution in [1.82, 2.24) is 4.98 Å². The molecule has 0 aliphatic carbocycles. The van der Waals surface area contributed by atoms with Crippen LogP contribution in [0.5, 0.6) is 5.75 Å². The molecule has 1 heterocycles.